The molecule has 0 spiro atoms. The third-order valence-corrected chi connectivity index (χ3v) is 1.68. The minimum absolute atomic E-state index is 0.176. The Balaban J connectivity index is 2.81. The Kier molecular flexibility index (Phi) is 13.6. The van der Waals surface area contributed by atoms with Crippen LogP contribution in [0.15, 0.2) is 0 Å². The topological polar surface area (TPSA) is 76.0 Å². The van der Waals surface area contributed by atoms with E-state index < -0.39 is 0 Å². The van der Waals surface area contributed by atoms with E-state index >= 15 is 0 Å². The number of rotatable bonds is 12. The van der Waals surface area contributed by atoms with Gasteiger partial charge in [-0.05, 0) is 19.4 Å². The first-order valence-corrected chi connectivity index (χ1v) is 5.46. The van der Waals surface area contributed by atoms with Gasteiger partial charge in [-0.2, -0.15) is 0 Å². The van der Waals surface area contributed by atoms with E-state index in [0.29, 0.717) is 52.6 Å². The zero-order valence-corrected chi connectivity index (χ0v) is 9.32. The van der Waals surface area contributed by atoms with Crippen molar-refractivity contribution in [1.29, 1.82) is 0 Å². The molecule has 5 nitrogen and oxygen atoms in total. The van der Waals surface area contributed by atoms with Gasteiger partial charge in [0.1, 0.15) is 0 Å². The van der Waals surface area contributed by atoms with Crippen molar-refractivity contribution in [3.63, 3.8) is 0 Å². The van der Waals surface area contributed by atoms with Crippen LogP contribution in [0.25, 0.3) is 0 Å². The molecule has 0 amide bonds. The summed E-state index contributed by atoms with van der Waals surface area (Å²) in [4.78, 5) is 0. The molecule has 0 aromatic carbocycles. The maximum absolute atomic E-state index is 8.47. The monoisotopic (exact) mass is 218 g/mol. The summed E-state index contributed by atoms with van der Waals surface area (Å²) in [6.45, 7) is 4.48. The molecule has 0 aliphatic carbocycles. The second-order valence-corrected chi connectivity index (χ2v) is 3.06. The largest absolute Gasteiger partial charge is 0.379 e. The lowest BCUT2D eigenvalue weighted by Crippen LogP contribution is -2.11. The number of nitrogens with zero attached hydrogens (tertiary/aromatic N) is 1. The van der Waals surface area contributed by atoms with Crippen LogP contribution in [-0.4, -0.2) is 52.7 Å². The van der Waals surface area contributed by atoms with E-state index in [1.165, 1.54) is 0 Å². The van der Waals surface area contributed by atoms with Crippen LogP contribution >= 0.6 is 0 Å². The van der Waals surface area contributed by atoms with E-state index in [1.54, 1.807) is 0 Å². The van der Waals surface area contributed by atoms with Crippen molar-refractivity contribution in [1.82, 2.24) is 5.73 Å². The van der Waals surface area contributed by atoms with Gasteiger partial charge < -0.3 is 19.9 Å². The number of nitrogens with two attached hydrogens (primary N) is 1. The molecule has 0 bridgehead atoms. The van der Waals surface area contributed by atoms with E-state index in [4.69, 9.17) is 25.7 Å². The van der Waals surface area contributed by atoms with Crippen LogP contribution < -0.4 is 11.5 Å². The average molecular weight is 218 g/mol. The van der Waals surface area contributed by atoms with Gasteiger partial charge in [0, 0.05) is 19.8 Å². The molecule has 2 N–H and O–H groups in total. The molecule has 5 heteroatoms. The van der Waals surface area contributed by atoms with E-state index in [1.807, 2.05) is 0 Å². The second-order valence-electron chi connectivity index (χ2n) is 3.06. The molecule has 0 aromatic rings. The Bertz CT molecular complexity index is 103. The van der Waals surface area contributed by atoms with E-state index in [-0.39, 0.29) is 6.54 Å². The van der Waals surface area contributed by atoms with Gasteiger partial charge in [-0.1, -0.05) is 0 Å². The molecule has 0 saturated carbocycles. The molecule has 0 unspecified atom stereocenters. The minimum atomic E-state index is 0.176. The van der Waals surface area contributed by atoms with Crippen LogP contribution in [0.2, 0.25) is 0 Å². The summed E-state index contributed by atoms with van der Waals surface area (Å²) in [7, 11) is 0. The highest BCUT2D eigenvalue weighted by Crippen LogP contribution is 1.84. The van der Waals surface area contributed by atoms with Gasteiger partial charge >= 0.3 is 0 Å². The van der Waals surface area contributed by atoms with Crippen molar-refractivity contribution < 1.29 is 14.2 Å². The Morgan fingerprint density at radius 3 is 1.67 bits per heavy atom. The quantitative estimate of drug-likeness (QED) is 0.462. The fourth-order valence-electron chi connectivity index (χ4n) is 0.894. The molecule has 0 aliphatic rings. The zero-order valence-electron chi connectivity index (χ0n) is 9.32. The van der Waals surface area contributed by atoms with Gasteiger partial charge in [0.2, 0.25) is 0 Å². The van der Waals surface area contributed by atoms with Crippen molar-refractivity contribution >= 4 is 0 Å². The third-order valence-electron chi connectivity index (χ3n) is 1.68. The van der Waals surface area contributed by atoms with Gasteiger partial charge in [-0.3, -0.25) is 0 Å². The summed E-state index contributed by atoms with van der Waals surface area (Å²) in [6, 6.07) is 0. The molecule has 0 aliphatic heterocycles. The third kappa shape index (κ3) is 13.8. The van der Waals surface area contributed by atoms with Gasteiger partial charge in [0.05, 0.1) is 26.4 Å². The maximum atomic E-state index is 8.47. The van der Waals surface area contributed by atoms with Crippen molar-refractivity contribution in [2.75, 3.05) is 52.7 Å². The normalized spacial score (nSPS) is 10.8. The van der Waals surface area contributed by atoms with E-state index in [2.05, 4.69) is 0 Å². The number of ether oxygens (including phenoxy) is 3. The summed E-state index contributed by atoms with van der Waals surface area (Å²) in [5.41, 5.74) is 13.8. The summed E-state index contributed by atoms with van der Waals surface area (Å²) < 4.78 is 15.7. The molecule has 0 rings (SSSR count). The molecule has 90 valence electrons. The Morgan fingerprint density at radius 1 is 0.733 bits per heavy atom. The van der Waals surface area contributed by atoms with E-state index in [9.17, 15) is 0 Å². The summed E-state index contributed by atoms with van der Waals surface area (Å²) in [5, 5.41) is 0. The van der Waals surface area contributed by atoms with Gasteiger partial charge in [-0.25, -0.2) is 0 Å². The minimum Gasteiger partial charge on any atom is -0.379 e. The summed E-state index contributed by atoms with van der Waals surface area (Å²) in [6.07, 6.45) is 1.58. The van der Waals surface area contributed by atoms with Crippen LogP contribution in [0.1, 0.15) is 12.8 Å². The molecular weight excluding hydrogens is 196 g/mol. The van der Waals surface area contributed by atoms with Crippen LogP contribution in [0.5, 0.6) is 0 Å². The predicted molar refractivity (Wildman–Crippen MR) is 57.7 cm³/mol. The Labute approximate surface area is 92.0 Å². The predicted octanol–water partition coefficient (Wildman–Crippen LogP) is -0.156. The lowest BCUT2D eigenvalue weighted by Gasteiger charge is -2.05. The molecule has 0 saturated heterocycles. The van der Waals surface area contributed by atoms with Crippen LogP contribution in [0.4, 0.5) is 0 Å². The average Bonchev–Trinajstić information content (AvgIpc) is 2.26. The molecule has 2 radical (unpaired) electrons. The van der Waals surface area contributed by atoms with Crippen molar-refractivity contribution in [2.24, 2.45) is 5.73 Å². The highest BCUT2D eigenvalue weighted by atomic mass is 16.5. The summed E-state index contributed by atoms with van der Waals surface area (Å²) in [5.74, 6) is 0. The Morgan fingerprint density at radius 2 is 1.20 bits per heavy atom. The molecule has 0 atom stereocenters. The van der Waals surface area contributed by atoms with Crippen LogP contribution in [-0.2, 0) is 14.2 Å². The molecule has 0 fully saturated rings. The smallest absolute Gasteiger partial charge is 0.0701 e. The van der Waals surface area contributed by atoms with Gasteiger partial charge in [0.15, 0.2) is 0 Å². The van der Waals surface area contributed by atoms with Crippen molar-refractivity contribution in [2.45, 2.75) is 12.8 Å². The first-order valence-electron chi connectivity index (χ1n) is 5.46. The van der Waals surface area contributed by atoms with Crippen molar-refractivity contribution in [3.8, 4) is 0 Å². The van der Waals surface area contributed by atoms with E-state index in [0.717, 1.165) is 6.42 Å². The molecule has 0 heterocycles. The SMILES string of the molecule is [N]CCCOCCOCCOCCCN. The van der Waals surface area contributed by atoms with Crippen LogP contribution in [0.3, 0.4) is 0 Å². The standard InChI is InChI=1S/C10H22N2O3/c11-3-1-5-13-7-9-15-10-8-14-6-2-4-12/h1-11H2. The lowest BCUT2D eigenvalue weighted by molar-refractivity contribution is 0.0142. The zero-order chi connectivity index (χ0) is 11.2. The second kappa shape index (κ2) is 13.8. The number of hydrogen-bond acceptors (Lipinski definition) is 4. The lowest BCUT2D eigenvalue weighted by atomic mass is 10.5. The molecule has 15 heavy (non-hydrogen) atoms. The molecular formula is C10H22N2O3. The first kappa shape index (κ1) is 14.8. The van der Waals surface area contributed by atoms with Crippen LogP contribution in [0, 0.1) is 0 Å². The fourth-order valence-corrected chi connectivity index (χ4v) is 0.894. The Hall–Kier alpha value is -0.200. The highest BCUT2D eigenvalue weighted by molar-refractivity contribution is 4.38. The maximum Gasteiger partial charge on any atom is 0.0701 e. The summed E-state index contributed by atoms with van der Waals surface area (Å²) >= 11 is 0. The highest BCUT2D eigenvalue weighted by Gasteiger charge is 1.91. The van der Waals surface area contributed by atoms with Gasteiger partial charge in [0.25, 0.3) is 0 Å². The number of hydrogen-bond donors (Lipinski definition) is 1. The fraction of sp³-hybridized carbons (Fsp3) is 1.00. The van der Waals surface area contributed by atoms with Gasteiger partial charge in [-0.15, -0.1) is 5.73 Å². The first-order chi connectivity index (χ1) is 7.41. The van der Waals surface area contributed by atoms with Crippen molar-refractivity contribution in [3.05, 3.63) is 0 Å². The molecule has 0 aromatic heterocycles.